The van der Waals surface area contributed by atoms with Crippen molar-refractivity contribution < 1.29 is 9.18 Å². The predicted octanol–water partition coefficient (Wildman–Crippen LogP) is 2.36. The Labute approximate surface area is 104 Å². The molecule has 5 heteroatoms. The molecule has 0 atom stereocenters. The van der Waals surface area contributed by atoms with Crippen LogP contribution in [-0.4, -0.2) is 10.9 Å². The summed E-state index contributed by atoms with van der Waals surface area (Å²) < 4.78 is 13.1. The van der Waals surface area contributed by atoms with Gasteiger partial charge in [-0.1, -0.05) is 6.07 Å². The van der Waals surface area contributed by atoms with Crippen LogP contribution in [0.3, 0.4) is 0 Å². The van der Waals surface area contributed by atoms with E-state index in [1.807, 2.05) is 0 Å². The maximum absolute atomic E-state index is 13.1. The highest BCUT2D eigenvalue weighted by molar-refractivity contribution is 6.05. The quantitative estimate of drug-likeness (QED) is 0.853. The number of hydrogen-bond donors (Lipinski definition) is 2. The van der Waals surface area contributed by atoms with Crippen LogP contribution in [0.2, 0.25) is 0 Å². The van der Waals surface area contributed by atoms with Crippen LogP contribution < -0.4 is 11.1 Å². The minimum absolute atomic E-state index is 0.298. The van der Waals surface area contributed by atoms with E-state index in [0.717, 1.165) is 0 Å². The van der Waals surface area contributed by atoms with Crippen molar-refractivity contribution in [3.8, 4) is 0 Å². The average Bonchev–Trinajstić information content (AvgIpc) is 2.35. The number of benzene rings is 1. The molecular formula is C13H12FN3O. The maximum atomic E-state index is 13.1. The van der Waals surface area contributed by atoms with Gasteiger partial charge in [0.05, 0.1) is 11.9 Å². The zero-order chi connectivity index (χ0) is 13.1. The van der Waals surface area contributed by atoms with Gasteiger partial charge in [0.1, 0.15) is 11.6 Å². The third-order valence-electron chi connectivity index (χ3n) is 2.49. The van der Waals surface area contributed by atoms with Gasteiger partial charge in [-0.15, -0.1) is 0 Å². The fourth-order valence-corrected chi connectivity index (χ4v) is 1.52. The van der Waals surface area contributed by atoms with Crippen molar-refractivity contribution in [1.82, 2.24) is 4.98 Å². The molecule has 0 bridgehead atoms. The number of nitrogens with one attached hydrogen (secondary N) is 1. The van der Waals surface area contributed by atoms with Gasteiger partial charge in [-0.25, -0.2) is 9.37 Å². The van der Waals surface area contributed by atoms with Gasteiger partial charge >= 0.3 is 0 Å². The summed E-state index contributed by atoms with van der Waals surface area (Å²) in [4.78, 5) is 15.8. The Hall–Kier alpha value is -2.43. The highest BCUT2D eigenvalue weighted by Gasteiger charge is 2.10. The van der Waals surface area contributed by atoms with Crippen LogP contribution in [0.25, 0.3) is 0 Å². The Kier molecular flexibility index (Phi) is 3.23. The van der Waals surface area contributed by atoms with E-state index in [9.17, 15) is 9.18 Å². The summed E-state index contributed by atoms with van der Waals surface area (Å²) in [5.74, 6) is -0.449. The Balaban J connectivity index is 2.21. The zero-order valence-electron chi connectivity index (χ0n) is 9.77. The van der Waals surface area contributed by atoms with Gasteiger partial charge in [-0.05, 0) is 36.8 Å². The van der Waals surface area contributed by atoms with Crippen LogP contribution in [0, 0.1) is 12.7 Å². The largest absolute Gasteiger partial charge is 0.384 e. The number of rotatable bonds is 2. The first kappa shape index (κ1) is 12.0. The first-order valence-corrected chi connectivity index (χ1v) is 5.35. The molecule has 0 radical (unpaired) electrons. The van der Waals surface area contributed by atoms with E-state index < -0.39 is 5.82 Å². The second-order valence-electron chi connectivity index (χ2n) is 3.89. The highest BCUT2D eigenvalue weighted by atomic mass is 19.1. The van der Waals surface area contributed by atoms with Gasteiger partial charge in [0.25, 0.3) is 5.91 Å². The fraction of sp³-hybridized carbons (Fsp3) is 0.0769. The lowest BCUT2D eigenvalue weighted by Gasteiger charge is -2.07. The molecule has 0 aliphatic carbocycles. The van der Waals surface area contributed by atoms with E-state index in [1.54, 1.807) is 25.1 Å². The molecule has 0 aliphatic rings. The molecule has 1 heterocycles. The predicted molar refractivity (Wildman–Crippen MR) is 67.7 cm³/mol. The van der Waals surface area contributed by atoms with E-state index in [-0.39, 0.29) is 5.91 Å². The summed E-state index contributed by atoms with van der Waals surface area (Å²) >= 11 is 0. The minimum atomic E-state index is -0.443. The number of nitrogens with two attached hydrogens (primary N) is 1. The van der Waals surface area contributed by atoms with Gasteiger partial charge in [-0.2, -0.15) is 0 Å². The number of nitrogens with zero attached hydrogens (tertiary/aromatic N) is 1. The molecule has 0 fully saturated rings. The van der Waals surface area contributed by atoms with E-state index in [2.05, 4.69) is 10.3 Å². The molecule has 0 saturated carbocycles. The molecule has 4 nitrogen and oxygen atoms in total. The van der Waals surface area contributed by atoms with Crippen LogP contribution in [0.5, 0.6) is 0 Å². The molecule has 1 aromatic carbocycles. The second-order valence-corrected chi connectivity index (χ2v) is 3.89. The van der Waals surface area contributed by atoms with Gasteiger partial charge in [0.15, 0.2) is 0 Å². The molecule has 0 spiro atoms. The SMILES string of the molecule is Cc1ccc(F)cc1C(=O)Nc1ccc(N)nc1. The molecule has 0 saturated heterocycles. The monoisotopic (exact) mass is 245 g/mol. The summed E-state index contributed by atoms with van der Waals surface area (Å²) in [6.45, 7) is 1.75. The highest BCUT2D eigenvalue weighted by Crippen LogP contribution is 2.14. The van der Waals surface area contributed by atoms with Crippen molar-refractivity contribution in [2.45, 2.75) is 6.92 Å². The van der Waals surface area contributed by atoms with Gasteiger partial charge in [0.2, 0.25) is 0 Å². The van der Waals surface area contributed by atoms with Crippen molar-refractivity contribution in [2.24, 2.45) is 0 Å². The number of aryl methyl sites for hydroxylation is 1. The van der Waals surface area contributed by atoms with Gasteiger partial charge < -0.3 is 11.1 Å². The fourth-order valence-electron chi connectivity index (χ4n) is 1.52. The van der Waals surface area contributed by atoms with E-state index in [0.29, 0.717) is 22.6 Å². The summed E-state index contributed by atoms with van der Waals surface area (Å²) in [6.07, 6.45) is 1.45. The minimum Gasteiger partial charge on any atom is -0.384 e. The zero-order valence-corrected chi connectivity index (χ0v) is 9.77. The molecule has 92 valence electrons. The summed E-state index contributed by atoms with van der Waals surface area (Å²) in [6, 6.07) is 7.29. The number of halogens is 1. The number of nitrogen functional groups attached to an aromatic ring is 1. The van der Waals surface area contributed by atoms with Crippen LogP contribution in [0.4, 0.5) is 15.9 Å². The topological polar surface area (TPSA) is 68.0 Å². The lowest BCUT2D eigenvalue weighted by molar-refractivity contribution is 0.102. The molecule has 3 N–H and O–H groups in total. The number of pyridine rings is 1. The number of hydrogen-bond acceptors (Lipinski definition) is 3. The molecule has 1 amide bonds. The number of carbonyl (C=O) groups is 1. The van der Waals surface area contributed by atoms with Crippen LogP contribution in [0.1, 0.15) is 15.9 Å². The summed E-state index contributed by atoms with van der Waals surface area (Å²) in [5.41, 5.74) is 6.95. The van der Waals surface area contributed by atoms with Gasteiger partial charge in [-0.3, -0.25) is 4.79 Å². The first-order valence-electron chi connectivity index (χ1n) is 5.35. The molecule has 1 aromatic heterocycles. The van der Waals surface area contributed by atoms with Crippen LogP contribution >= 0.6 is 0 Å². The molecule has 2 rings (SSSR count). The molecule has 0 aliphatic heterocycles. The van der Waals surface area contributed by atoms with Gasteiger partial charge in [0, 0.05) is 5.56 Å². The Morgan fingerprint density at radius 1 is 1.33 bits per heavy atom. The number of amides is 1. The normalized spacial score (nSPS) is 10.1. The Morgan fingerprint density at radius 3 is 2.78 bits per heavy atom. The summed E-state index contributed by atoms with van der Waals surface area (Å²) in [7, 11) is 0. The molecule has 18 heavy (non-hydrogen) atoms. The van der Waals surface area contributed by atoms with E-state index >= 15 is 0 Å². The first-order chi connectivity index (χ1) is 8.56. The van der Waals surface area contributed by atoms with Crippen LogP contribution in [-0.2, 0) is 0 Å². The van der Waals surface area contributed by atoms with Crippen molar-refractivity contribution >= 4 is 17.4 Å². The van der Waals surface area contributed by atoms with Crippen molar-refractivity contribution in [2.75, 3.05) is 11.1 Å². The lowest BCUT2D eigenvalue weighted by Crippen LogP contribution is -2.14. The molecule has 2 aromatic rings. The van der Waals surface area contributed by atoms with Crippen LogP contribution in [0.15, 0.2) is 36.5 Å². The van der Waals surface area contributed by atoms with E-state index in [4.69, 9.17) is 5.73 Å². The van der Waals surface area contributed by atoms with Crippen molar-refractivity contribution in [3.63, 3.8) is 0 Å². The van der Waals surface area contributed by atoms with E-state index in [1.165, 1.54) is 18.3 Å². The average molecular weight is 245 g/mol. The molecular weight excluding hydrogens is 233 g/mol. The number of carbonyl (C=O) groups excluding carboxylic acids is 1. The Morgan fingerprint density at radius 2 is 2.11 bits per heavy atom. The Bertz CT molecular complexity index is 581. The molecule has 0 unspecified atom stereocenters. The lowest BCUT2D eigenvalue weighted by atomic mass is 10.1. The smallest absolute Gasteiger partial charge is 0.256 e. The maximum Gasteiger partial charge on any atom is 0.256 e. The summed E-state index contributed by atoms with van der Waals surface area (Å²) in [5, 5.41) is 2.63. The van der Waals surface area contributed by atoms with Crippen molar-refractivity contribution in [1.29, 1.82) is 0 Å². The second kappa shape index (κ2) is 4.83. The third-order valence-corrected chi connectivity index (χ3v) is 2.49. The third kappa shape index (κ3) is 2.63. The number of anilines is 2. The van der Waals surface area contributed by atoms with Crippen molar-refractivity contribution in [3.05, 3.63) is 53.5 Å². The standard InChI is InChI=1S/C13H12FN3O/c1-8-2-3-9(14)6-11(8)13(18)17-10-4-5-12(15)16-7-10/h2-7H,1H3,(H2,15,16)(H,17,18). The number of aromatic nitrogens is 1.